The van der Waals surface area contributed by atoms with Gasteiger partial charge in [-0.15, -0.1) is 0 Å². The molecule has 0 aliphatic heterocycles. The van der Waals surface area contributed by atoms with Gasteiger partial charge in [-0.3, -0.25) is 0 Å². The van der Waals surface area contributed by atoms with E-state index in [1.54, 1.807) is 0 Å². The van der Waals surface area contributed by atoms with Crippen LogP contribution in [0.4, 0.5) is 5.69 Å². The molecule has 36 heavy (non-hydrogen) atoms. The molecule has 2 aromatic heterocycles. The van der Waals surface area contributed by atoms with Crippen molar-refractivity contribution < 1.29 is 8.98 Å². The Hall–Kier alpha value is -4.68. The van der Waals surface area contributed by atoms with E-state index in [1.807, 2.05) is 30.3 Å². The van der Waals surface area contributed by atoms with Crippen LogP contribution in [0.3, 0.4) is 0 Å². The first-order chi connectivity index (χ1) is 17.5. The number of nitrogens with zero attached hydrogens (tertiary/aromatic N) is 2. The summed E-state index contributed by atoms with van der Waals surface area (Å²) < 4.78 is 8.83. The van der Waals surface area contributed by atoms with Gasteiger partial charge in [-0.05, 0) is 41.7 Å². The molecule has 0 spiro atoms. The third-order valence-corrected chi connectivity index (χ3v) is 6.96. The third-order valence-electron chi connectivity index (χ3n) is 6.96. The summed E-state index contributed by atoms with van der Waals surface area (Å²) in [4.78, 5) is 3.86. The summed E-state index contributed by atoms with van der Waals surface area (Å²) in [5.74, 6) is 0. The third kappa shape index (κ3) is 3.47. The first-order valence-electron chi connectivity index (χ1n) is 12.0. The van der Waals surface area contributed by atoms with Gasteiger partial charge in [0.1, 0.15) is 18.2 Å². The van der Waals surface area contributed by atoms with Crippen LogP contribution in [0.5, 0.6) is 0 Å². The molecule has 0 radical (unpaired) electrons. The fraction of sp³-hybridized carbons (Fsp3) is 0.0909. The van der Waals surface area contributed by atoms with Gasteiger partial charge in [-0.2, -0.15) is 0 Å². The Morgan fingerprint density at radius 2 is 1.33 bits per heavy atom. The summed E-state index contributed by atoms with van der Waals surface area (Å²) in [5, 5.41) is 2.09. The van der Waals surface area contributed by atoms with Crippen molar-refractivity contribution in [2.45, 2.75) is 13.8 Å². The van der Waals surface area contributed by atoms with Gasteiger partial charge >= 0.3 is 0 Å². The number of furan rings is 1. The van der Waals surface area contributed by atoms with E-state index in [4.69, 9.17) is 11.0 Å². The Morgan fingerprint density at radius 3 is 2.06 bits per heavy atom. The molecule has 0 N–H and O–H groups in total. The molecule has 172 valence electrons. The molecule has 2 heterocycles. The predicted molar refractivity (Wildman–Crippen MR) is 147 cm³/mol. The average Bonchev–Trinajstić information content (AvgIpc) is 3.29. The van der Waals surface area contributed by atoms with Gasteiger partial charge in [0, 0.05) is 28.5 Å². The SMILES string of the molecule is [C-]#[N+]c1ccc2c(oc3c(-c4cc(C)cc[n+]4C)c(C)ccc32)c1-c1ccc(-c2ccccc2)cc1. The Morgan fingerprint density at radius 1 is 0.694 bits per heavy atom. The highest BCUT2D eigenvalue weighted by Crippen LogP contribution is 2.44. The lowest BCUT2D eigenvalue weighted by molar-refractivity contribution is -0.660. The summed E-state index contributed by atoms with van der Waals surface area (Å²) in [7, 11) is 2.06. The molecular weight excluding hydrogens is 440 g/mol. The van der Waals surface area contributed by atoms with Crippen LogP contribution in [0.15, 0.2) is 102 Å². The average molecular weight is 466 g/mol. The van der Waals surface area contributed by atoms with Crippen LogP contribution in [0.2, 0.25) is 0 Å². The summed E-state index contributed by atoms with van der Waals surface area (Å²) in [6.45, 7) is 12.1. The van der Waals surface area contributed by atoms with Crippen molar-refractivity contribution in [1.29, 1.82) is 0 Å². The second-order valence-electron chi connectivity index (χ2n) is 9.33. The van der Waals surface area contributed by atoms with Crippen molar-refractivity contribution in [2.24, 2.45) is 7.05 Å². The monoisotopic (exact) mass is 465 g/mol. The summed E-state index contributed by atoms with van der Waals surface area (Å²) >= 11 is 0. The van der Waals surface area contributed by atoms with E-state index >= 15 is 0 Å². The molecule has 0 aliphatic carbocycles. The van der Waals surface area contributed by atoms with Crippen molar-refractivity contribution in [2.75, 3.05) is 0 Å². The van der Waals surface area contributed by atoms with E-state index in [9.17, 15) is 0 Å². The molecule has 0 fully saturated rings. The zero-order valence-corrected chi connectivity index (χ0v) is 20.5. The van der Waals surface area contributed by atoms with Crippen LogP contribution in [-0.4, -0.2) is 0 Å². The van der Waals surface area contributed by atoms with E-state index in [2.05, 4.69) is 97.2 Å². The molecule has 6 aromatic rings. The molecule has 3 nitrogen and oxygen atoms in total. The highest BCUT2D eigenvalue weighted by atomic mass is 16.3. The van der Waals surface area contributed by atoms with Crippen molar-refractivity contribution in [3.63, 3.8) is 0 Å². The summed E-state index contributed by atoms with van der Waals surface area (Å²) in [5.41, 5.74) is 10.9. The predicted octanol–water partition coefficient (Wildman–Crippen LogP) is 8.58. The first-order valence-corrected chi connectivity index (χ1v) is 12.0. The van der Waals surface area contributed by atoms with Gasteiger partial charge in [-0.1, -0.05) is 78.9 Å². The lowest BCUT2D eigenvalue weighted by Gasteiger charge is -2.08. The standard InChI is InChI=1S/C33H25N2O/c1-21-18-19-35(4)29(20-21)30-22(2)10-15-26-27-16-17-28(34-3)31(33(27)36-32(26)30)25-13-11-24(12-14-25)23-8-6-5-7-9-23/h5-20H,1-2,4H3/q+1. The molecule has 6 rings (SSSR count). The van der Waals surface area contributed by atoms with Crippen LogP contribution in [0.1, 0.15) is 11.1 Å². The van der Waals surface area contributed by atoms with Crippen LogP contribution in [0, 0.1) is 20.4 Å². The summed E-state index contributed by atoms with van der Waals surface area (Å²) in [6.07, 6.45) is 2.09. The number of benzene rings is 4. The van der Waals surface area contributed by atoms with Crippen LogP contribution in [0.25, 0.3) is 60.3 Å². The Kier molecular flexibility index (Phi) is 5.16. The number of rotatable bonds is 3. The van der Waals surface area contributed by atoms with Crippen LogP contribution in [-0.2, 0) is 7.05 Å². The van der Waals surface area contributed by atoms with Crippen molar-refractivity contribution in [3.05, 3.63) is 120 Å². The molecule has 0 saturated carbocycles. The van der Waals surface area contributed by atoms with Gasteiger partial charge in [0.05, 0.1) is 12.1 Å². The normalized spacial score (nSPS) is 11.2. The first kappa shape index (κ1) is 21.8. The zero-order chi connectivity index (χ0) is 24.8. The quantitative estimate of drug-likeness (QED) is 0.189. The minimum Gasteiger partial charge on any atom is -0.456 e. The zero-order valence-electron chi connectivity index (χ0n) is 20.5. The van der Waals surface area contributed by atoms with Gasteiger partial charge in [0.2, 0.25) is 5.69 Å². The second kappa shape index (κ2) is 8.52. The number of pyridine rings is 1. The summed E-state index contributed by atoms with van der Waals surface area (Å²) in [6, 6.07) is 31.3. The van der Waals surface area contributed by atoms with Crippen molar-refractivity contribution >= 4 is 27.6 Å². The number of aromatic nitrogens is 1. The van der Waals surface area contributed by atoms with Gasteiger partial charge in [-0.25, -0.2) is 9.41 Å². The topological polar surface area (TPSA) is 21.4 Å². The maximum Gasteiger partial charge on any atom is 0.216 e. The fourth-order valence-electron chi connectivity index (χ4n) is 5.07. The Balaban J connectivity index is 1.62. The second-order valence-corrected chi connectivity index (χ2v) is 9.33. The molecule has 3 heteroatoms. The van der Waals surface area contributed by atoms with E-state index in [0.29, 0.717) is 5.69 Å². The number of aryl methyl sites for hydroxylation is 3. The number of hydrogen-bond donors (Lipinski definition) is 0. The highest BCUT2D eigenvalue weighted by molar-refractivity contribution is 6.15. The largest absolute Gasteiger partial charge is 0.456 e. The fourth-order valence-corrected chi connectivity index (χ4v) is 5.07. The molecule has 0 saturated heterocycles. The van der Waals surface area contributed by atoms with Gasteiger partial charge in [0.15, 0.2) is 11.9 Å². The Labute approximate surface area is 210 Å². The molecular formula is C33H25N2O+. The molecule has 4 aromatic carbocycles. The van der Waals surface area contributed by atoms with Crippen LogP contribution >= 0.6 is 0 Å². The van der Waals surface area contributed by atoms with E-state index < -0.39 is 0 Å². The number of fused-ring (bicyclic) bond motifs is 3. The van der Waals surface area contributed by atoms with E-state index in [1.165, 1.54) is 11.1 Å². The van der Waals surface area contributed by atoms with Crippen molar-refractivity contribution in [3.8, 4) is 33.5 Å². The van der Waals surface area contributed by atoms with Crippen LogP contribution < -0.4 is 4.57 Å². The molecule has 0 unspecified atom stereocenters. The lowest BCUT2D eigenvalue weighted by atomic mass is 9.96. The smallest absolute Gasteiger partial charge is 0.216 e. The number of hydrogen-bond acceptors (Lipinski definition) is 1. The lowest BCUT2D eigenvalue weighted by Crippen LogP contribution is -2.30. The molecule has 0 aliphatic rings. The maximum atomic E-state index is 7.86. The molecule has 0 bridgehead atoms. The van der Waals surface area contributed by atoms with E-state index in [0.717, 1.165) is 55.4 Å². The minimum absolute atomic E-state index is 0.591. The maximum absolute atomic E-state index is 7.86. The highest BCUT2D eigenvalue weighted by Gasteiger charge is 2.23. The minimum atomic E-state index is 0.591. The van der Waals surface area contributed by atoms with Crippen molar-refractivity contribution in [1.82, 2.24) is 0 Å². The Bertz CT molecular complexity index is 1800. The van der Waals surface area contributed by atoms with Gasteiger partial charge in [0.25, 0.3) is 0 Å². The van der Waals surface area contributed by atoms with Gasteiger partial charge < -0.3 is 4.42 Å². The van der Waals surface area contributed by atoms with E-state index in [-0.39, 0.29) is 0 Å². The molecule has 0 amide bonds. The molecule has 0 atom stereocenters.